The lowest BCUT2D eigenvalue weighted by Gasteiger charge is -2.27. The Morgan fingerprint density at radius 3 is 2.69 bits per heavy atom. The maximum absolute atomic E-state index is 12.8. The number of carbonyl (C=O) groups excluding carboxylic acids is 1. The number of halogens is 1. The van der Waals surface area contributed by atoms with E-state index in [4.69, 9.17) is 9.26 Å². The molecule has 0 saturated carbocycles. The summed E-state index contributed by atoms with van der Waals surface area (Å²) in [5, 5.41) is 4.07. The van der Waals surface area contributed by atoms with Crippen LogP contribution in [0, 0.1) is 10.5 Å². The Morgan fingerprint density at radius 1 is 1.24 bits per heavy atom. The van der Waals surface area contributed by atoms with Crippen molar-refractivity contribution in [1.82, 2.24) is 15.0 Å². The van der Waals surface area contributed by atoms with Crippen LogP contribution in [0.5, 0.6) is 5.75 Å². The molecular weight excluding hydrogens is 481 g/mol. The number of hydrogen-bond acceptors (Lipinski definition) is 5. The van der Waals surface area contributed by atoms with Gasteiger partial charge in [0.25, 0.3) is 5.91 Å². The molecule has 29 heavy (non-hydrogen) atoms. The van der Waals surface area contributed by atoms with Gasteiger partial charge in [-0.2, -0.15) is 4.98 Å². The highest BCUT2D eigenvalue weighted by atomic mass is 127. The predicted octanol–water partition coefficient (Wildman–Crippen LogP) is 4.86. The van der Waals surface area contributed by atoms with Crippen LogP contribution in [-0.4, -0.2) is 33.6 Å². The Morgan fingerprint density at radius 2 is 2.00 bits per heavy atom. The zero-order chi connectivity index (χ0) is 20.8. The van der Waals surface area contributed by atoms with E-state index in [0.29, 0.717) is 17.5 Å². The molecule has 1 amide bonds. The van der Waals surface area contributed by atoms with Crippen molar-refractivity contribution >= 4 is 28.5 Å². The number of rotatable bonds is 8. The average Bonchev–Trinajstić information content (AvgIpc) is 3.19. The largest absolute Gasteiger partial charge is 0.484 e. The fourth-order valence-electron chi connectivity index (χ4n) is 2.84. The van der Waals surface area contributed by atoms with E-state index in [-0.39, 0.29) is 25.1 Å². The van der Waals surface area contributed by atoms with Gasteiger partial charge in [-0.15, -0.1) is 0 Å². The van der Waals surface area contributed by atoms with Crippen molar-refractivity contribution in [2.75, 3.05) is 6.61 Å². The predicted molar refractivity (Wildman–Crippen MR) is 119 cm³/mol. The van der Waals surface area contributed by atoms with Crippen molar-refractivity contribution in [3.8, 4) is 17.1 Å². The first-order valence-corrected chi connectivity index (χ1v) is 10.6. The number of benzene rings is 2. The molecule has 0 aliphatic rings. The number of aryl methyl sites for hydroxylation is 1. The lowest BCUT2D eigenvalue weighted by molar-refractivity contribution is -0.136. The number of ether oxygens (including phenoxy) is 1. The fraction of sp³-hybridized carbons (Fsp3) is 0.318. The summed E-state index contributed by atoms with van der Waals surface area (Å²) >= 11 is 2.23. The minimum absolute atomic E-state index is 0.0251. The second-order valence-corrected chi connectivity index (χ2v) is 8.15. The van der Waals surface area contributed by atoms with Crippen molar-refractivity contribution in [2.45, 2.75) is 39.8 Å². The molecule has 2 aromatic carbocycles. The minimum atomic E-state index is -0.117. The van der Waals surface area contributed by atoms with Gasteiger partial charge in [0.1, 0.15) is 12.3 Å². The molecular formula is C22H24IN3O3. The minimum Gasteiger partial charge on any atom is -0.484 e. The van der Waals surface area contributed by atoms with Crippen LogP contribution in [0.1, 0.15) is 31.7 Å². The maximum Gasteiger partial charge on any atom is 0.261 e. The number of amides is 1. The van der Waals surface area contributed by atoms with Crippen molar-refractivity contribution in [3.05, 3.63) is 63.6 Å². The van der Waals surface area contributed by atoms with Crippen LogP contribution in [0.2, 0.25) is 0 Å². The molecule has 0 N–H and O–H groups in total. The van der Waals surface area contributed by atoms with Gasteiger partial charge in [0.15, 0.2) is 6.61 Å². The third kappa shape index (κ3) is 5.79. The van der Waals surface area contributed by atoms with Gasteiger partial charge in [-0.05, 0) is 73.2 Å². The van der Waals surface area contributed by atoms with E-state index >= 15 is 0 Å². The second kappa shape index (κ2) is 9.87. The van der Waals surface area contributed by atoms with E-state index in [2.05, 4.69) is 32.7 Å². The average molecular weight is 505 g/mol. The number of carbonyl (C=O) groups is 1. The zero-order valence-corrected chi connectivity index (χ0v) is 18.9. The van der Waals surface area contributed by atoms with E-state index < -0.39 is 0 Å². The summed E-state index contributed by atoms with van der Waals surface area (Å²) in [4.78, 5) is 19.0. The van der Waals surface area contributed by atoms with E-state index in [1.807, 2.05) is 69.3 Å². The standard InChI is InChI=1S/C22H24IN3O3/c1-4-16(3)26(21(27)14-28-19-10-8-18(23)9-11-19)13-20-24-22(25-29-20)17-7-5-6-15(2)12-17/h5-12,16H,4,13-14H2,1-3H3/t16-/m1/s1. The molecule has 1 aromatic heterocycles. The van der Waals surface area contributed by atoms with Crippen molar-refractivity contribution < 1.29 is 14.1 Å². The van der Waals surface area contributed by atoms with Crippen LogP contribution in [0.4, 0.5) is 0 Å². The van der Waals surface area contributed by atoms with Crippen LogP contribution in [0.25, 0.3) is 11.4 Å². The number of hydrogen-bond donors (Lipinski definition) is 0. The fourth-order valence-corrected chi connectivity index (χ4v) is 3.19. The first kappa shape index (κ1) is 21.3. The monoisotopic (exact) mass is 505 g/mol. The van der Waals surface area contributed by atoms with Crippen molar-refractivity contribution in [2.24, 2.45) is 0 Å². The Bertz CT molecular complexity index is 956. The van der Waals surface area contributed by atoms with Crippen molar-refractivity contribution in [3.63, 3.8) is 0 Å². The summed E-state index contributed by atoms with van der Waals surface area (Å²) in [7, 11) is 0. The third-order valence-electron chi connectivity index (χ3n) is 4.67. The summed E-state index contributed by atoms with van der Waals surface area (Å²) in [5.74, 6) is 1.48. The molecule has 0 bridgehead atoms. The van der Waals surface area contributed by atoms with Gasteiger partial charge in [0.05, 0.1) is 0 Å². The Labute approximate surface area is 184 Å². The normalized spacial score (nSPS) is 11.9. The van der Waals surface area contributed by atoms with Crippen LogP contribution in [0.15, 0.2) is 53.1 Å². The SMILES string of the molecule is CC[C@@H](C)N(Cc1nc(-c2cccc(C)c2)no1)C(=O)COc1ccc(I)cc1. The molecule has 1 atom stereocenters. The quantitative estimate of drug-likeness (QED) is 0.410. The van der Waals surface area contributed by atoms with Gasteiger partial charge < -0.3 is 14.2 Å². The molecule has 152 valence electrons. The molecule has 3 rings (SSSR count). The number of nitrogens with zero attached hydrogens (tertiary/aromatic N) is 3. The molecule has 0 unspecified atom stereocenters. The van der Waals surface area contributed by atoms with Crippen LogP contribution < -0.4 is 4.74 Å². The Hall–Kier alpha value is -2.42. The van der Waals surface area contributed by atoms with E-state index in [0.717, 1.165) is 21.1 Å². The van der Waals surface area contributed by atoms with E-state index in [1.165, 1.54) is 0 Å². The third-order valence-corrected chi connectivity index (χ3v) is 5.39. The van der Waals surface area contributed by atoms with Gasteiger partial charge >= 0.3 is 0 Å². The van der Waals surface area contributed by atoms with Gasteiger partial charge in [0.2, 0.25) is 11.7 Å². The molecule has 3 aromatic rings. The van der Waals surface area contributed by atoms with Crippen LogP contribution in [0.3, 0.4) is 0 Å². The zero-order valence-electron chi connectivity index (χ0n) is 16.8. The first-order chi connectivity index (χ1) is 14.0. The lowest BCUT2D eigenvalue weighted by atomic mass is 10.1. The summed E-state index contributed by atoms with van der Waals surface area (Å²) in [6, 6.07) is 15.5. The molecule has 1 heterocycles. The van der Waals surface area contributed by atoms with E-state index in [1.54, 1.807) is 4.90 Å². The molecule has 0 aliphatic carbocycles. The number of aromatic nitrogens is 2. The molecule has 0 spiro atoms. The highest BCUT2D eigenvalue weighted by Gasteiger charge is 2.23. The second-order valence-electron chi connectivity index (χ2n) is 6.90. The molecule has 0 saturated heterocycles. The summed E-state index contributed by atoms with van der Waals surface area (Å²) < 4.78 is 12.2. The molecule has 0 fully saturated rings. The van der Waals surface area contributed by atoms with Gasteiger partial charge in [-0.3, -0.25) is 4.79 Å². The van der Waals surface area contributed by atoms with Gasteiger partial charge in [-0.1, -0.05) is 35.8 Å². The van der Waals surface area contributed by atoms with E-state index in [9.17, 15) is 4.79 Å². The summed E-state index contributed by atoms with van der Waals surface area (Å²) in [6.07, 6.45) is 0.814. The van der Waals surface area contributed by atoms with Crippen LogP contribution in [-0.2, 0) is 11.3 Å². The molecule has 0 aliphatic heterocycles. The first-order valence-electron chi connectivity index (χ1n) is 9.53. The molecule has 0 radical (unpaired) electrons. The van der Waals surface area contributed by atoms with Crippen molar-refractivity contribution in [1.29, 1.82) is 0 Å². The Balaban J connectivity index is 1.69. The maximum atomic E-state index is 12.8. The van der Waals surface area contributed by atoms with Crippen LogP contribution >= 0.6 is 22.6 Å². The highest BCUT2D eigenvalue weighted by Crippen LogP contribution is 2.19. The van der Waals surface area contributed by atoms with Gasteiger partial charge in [0, 0.05) is 15.2 Å². The highest BCUT2D eigenvalue weighted by molar-refractivity contribution is 14.1. The lowest BCUT2D eigenvalue weighted by Crippen LogP contribution is -2.40. The summed E-state index contributed by atoms with van der Waals surface area (Å²) in [6.45, 7) is 6.27. The molecule has 6 nitrogen and oxygen atoms in total. The summed E-state index contributed by atoms with van der Waals surface area (Å²) in [5.41, 5.74) is 2.02. The van der Waals surface area contributed by atoms with Gasteiger partial charge in [-0.25, -0.2) is 0 Å². The topological polar surface area (TPSA) is 68.5 Å². The molecule has 7 heteroatoms. The Kier molecular flexibility index (Phi) is 7.24. The smallest absolute Gasteiger partial charge is 0.261 e.